The van der Waals surface area contributed by atoms with E-state index in [2.05, 4.69) is 49.5 Å². The van der Waals surface area contributed by atoms with Gasteiger partial charge in [0.15, 0.2) is 0 Å². The first-order valence-electron chi connectivity index (χ1n) is 14.8. The summed E-state index contributed by atoms with van der Waals surface area (Å²) in [5, 5.41) is 4.30. The van der Waals surface area contributed by atoms with E-state index in [0.29, 0.717) is 24.0 Å². The molecule has 1 heterocycles. The van der Waals surface area contributed by atoms with Crippen LogP contribution in [0.2, 0.25) is 5.02 Å². The van der Waals surface area contributed by atoms with Crippen molar-refractivity contribution in [1.29, 1.82) is 0 Å². The van der Waals surface area contributed by atoms with Crippen LogP contribution >= 0.6 is 11.6 Å². The summed E-state index contributed by atoms with van der Waals surface area (Å²) in [6.07, 6.45) is 7.48. The van der Waals surface area contributed by atoms with Gasteiger partial charge in [0, 0.05) is 25.0 Å². The maximum absolute atomic E-state index is 11.8. The Kier molecular flexibility index (Phi) is 10.8. The lowest BCUT2D eigenvalue weighted by molar-refractivity contribution is -0.144. The Balaban J connectivity index is 1.27. The van der Waals surface area contributed by atoms with Crippen molar-refractivity contribution in [3.8, 4) is 11.5 Å². The van der Waals surface area contributed by atoms with Gasteiger partial charge in [0.05, 0.1) is 30.4 Å². The zero-order valence-electron chi connectivity index (χ0n) is 24.6. The van der Waals surface area contributed by atoms with Crippen LogP contribution in [0, 0.1) is 5.92 Å². The van der Waals surface area contributed by atoms with Crippen molar-refractivity contribution in [3.05, 3.63) is 58.6 Å². The SMILES string of the molecule is CCOC(=O)C[C@H]1CC[C@H](Oc2ccc(CNCCC3(c4ccc(OC)cc4)CCOC(C)(C)C3)cc2Cl)CC1. The van der Waals surface area contributed by atoms with Gasteiger partial charge in [-0.2, -0.15) is 0 Å². The summed E-state index contributed by atoms with van der Waals surface area (Å²) >= 11 is 6.64. The van der Waals surface area contributed by atoms with Crippen LogP contribution in [0.5, 0.6) is 11.5 Å². The zero-order chi connectivity index (χ0) is 28.6. The minimum absolute atomic E-state index is 0.0612. The Labute approximate surface area is 245 Å². The standard InChI is InChI=1S/C33H46ClNO5/c1-5-38-31(36)21-24-6-11-28(12-7-24)40-30-15-8-25(20-29(30)34)22-35-18-16-33(17-19-39-32(2,3)23-33)26-9-13-27(37-4)14-10-26/h8-10,13-15,20,24,28,35H,5-7,11-12,16-19,21-23H2,1-4H3/t24-,28-,33?. The van der Waals surface area contributed by atoms with Gasteiger partial charge in [-0.3, -0.25) is 4.79 Å². The third kappa shape index (κ3) is 8.37. The van der Waals surface area contributed by atoms with Gasteiger partial charge in [0.1, 0.15) is 11.5 Å². The molecule has 0 radical (unpaired) electrons. The average Bonchev–Trinajstić information content (AvgIpc) is 2.93. The summed E-state index contributed by atoms with van der Waals surface area (Å²) in [6.45, 7) is 9.09. The molecule has 2 aliphatic rings. The molecule has 40 heavy (non-hydrogen) atoms. The fourth-order valence-electron chi connectivity index (χ4n) is 6.43. The molecule has 0 bridgehead atoms. The third-order valence-corrected chi connectivity index (χ3v) is 8.79. The Bertz CT molecular complexity index is 1100. The van der Waals surface area contributed by atoms with E-state index in [-0.39, 0.29) is 23.1 Å². The number of methoxy groups -OCH3 is 1. The maximum Gasteiger partial charge on any atom is 0.306 e. The first kappa shape index (κ1) is 30.7. The number of ether oxygens (including phenoxy) is 4. The van der Waals surface area contributed by atoms with Gasteiger partial charge >= 0.3 is 5.97 Å². The smallest absolute Gasteiger partial charge is 0.306 e. The van der Waals surface area contributed by atoms with E-state index in [1.54, 1.807) is 7.11 Å². The van der Waals surface area contributed by atoms with Crippen LogP contribution in [-0.2, 0) is 26.2 Å². The minimum atomic E-state index is -0.151. The van der Waals surface area contributed by atoms with Crippen molar-refractivity contribution in [2.45, 2.75) is 95.8 Å². The maximum atomic E-state index is 11.8. The number of halogens is 1. The lowest BCUT2D eigenvalue weighted by Gasteiger charge is -2.45. The molecule has 1 unspecified atom stereocenters. The van der Waals surface area contributed by atoms with Crippen molar-refractivity contribution >= 4 is 17.6 Å². The predicted molar refractivity (Wildman–Crippen MR) is 159 cm³/mol. The summed E-state index contributed by atoms with van der Waals surface area (Å²) in [6, 6.07) is 14.6. The molecule has 1 atom stereocenters. The van der Waals surface area contributed by atoms with E-state index < -0.39 is 0 Å². The fourth-order valence-corrected chi connectivity index (χ4v) is 6.67. The Morgan fingerprint density at radius 2 is 1.85 bits per heavy atom. The summed E-state index contributed by atoms with van der Waals surface area (Å²) in [7, 11) is 1.71. The minimum Gasteiger partial charge on any atom is -0.497 e. The molecule has 0 spiro atoms. The van der Waals surface area contributed by atoms with Crippen LogP contribution in [0.4, 0.5) is 0 Å². The number of rotatable bonds is 12. The van der Waals surface area contributed by atoms with Crippen LogP contribution < -0.4 is 14.8 Å². The molecule has 2 fully saturated rings. The van der Waals surface area contributed by atoms with Gasteiger partial charge in [-0.25, -0.2) is 0 Å². The summed E-state index contributed by atoms with van der Waals surface area (Å²) < 4.78 is 22.8. The van der Waals surface area contributed by atoms with Crippen LogP contribution in [0.25, 0.3) is 0 Å². The number of carbonyl (C=O) groups excluding carboxylic acids is 1. The lowest BCUT2D eigenvalue weighted by Crippen LogP contribution is -2.45. The highest BCUT2D eigenvalue weighted by Crippen LogP contribution is 2.44. The highest BCUT2D eigenvalue weighted by Gasteiger charge is 2.41. The van der Waals surface area contributed by atoms with E-state index in [9.17, 15) is 4.79 Å². The molecule has 1 aliphatic carbocycles. The second kappa shape index (κ2) is 14.1. The third-order valence-electron chi connectivity index (χ3n) is 8.49. The Morgan fingerprint density at radius 3 is 2.50 bits per heavy atom. The predicted octanol–water partition coefficient (Wildman–Crippen LogP) is 7.25. The molecule has 0 amide bonds. The second-order valence-corrected chi connectivity index (χ2v) is 12.4. The highest BCUT2D eigenvalue weighted by molar-refractivity contribution is 6.32. The molecule has 6 nitrogen and oxygen atoms in total. The average molecular weight is 572 g/mol. The number of nitrogens with one attached hydrogen (secondary N) is 1. The topological polar surface area (TPSA) is 66.0 Å². The first-order valence-corrected chi connectivity index (χ1v) is 15.2. The van der Waals surface area contributed by atoms with Crippen LogP contribution in [0.1, 0.15) is 83.3 Å². The van der Waals surface area contributed by atoms with E-state index in [4.69, 9.17) is 30.5 Å². The normalized spacial score (nSPS) is 24.3. The number of hydrogen-bond acceptors (Lipinski definition) is 6. The lowest BCUT2D eigenvalue weighted by atomic mass is 9.67. The molecule has 7 heteroatoms. The van der Waals surface area contributed by atoms with Crippen LogP contribution in [0.15, 0.2) is 42.5 Å². The molecule has 2 aromatic rings. The number of hydrogen-bond donors (Lipinski definition) is 1. The van der Waals surface area contributed by atoms with Gasteiger partial charge in [0.25, 0.3) is 0 Å². The fraction of sp³-hybridized carbons (Fsp3) is 0.606. The molecule has 4 rings (SSSR count). The molecule has 2 aromatic carbocycles. The molecule has 220 valence electrons. The number of carbonyl (C=O) groups is 1. The molecule has 1 saturated carbocycles. The van der Waals surface area contributed by atoms with Crippen molar-refractivity contribution in [3.63, 3.8) is 0 Å². The number of esters is 1. The van der Waals surface area contributed by atoms with E-state index in [1.165, 1.54) is 5.56 Å². The van der Waals surface area contributed by atoms with Crippen LogP contribution in [-0.4, -0.2) is 44.5 Å². The molecule has 1 aliphatic heterocycles. The Morgan fingerprint density at radius 1 is 1.10 bits per heavy atom. The van der Waals surface area contributed by atoms with Gasteiger partial charge in [-0.15, -0.1) is 0 Å². The van der Waals surface area contributed by atoms with Crippen LogP contribution in [0.3, 0.4) is 0 Å². The van der Waals surface area contributed by atoms with Gasteiger partial charge < -0.3 is 24.3 Å². The number of benzene rings is 2. The molecule has 1 saturated heterocycles. The van der Waals surface area contributed by atoms with Crippen molar-refractivity contribution in [1.82, 2.24) is 5.32 Å². The summed E-state index contributed by atoms with van der Waals surface area (Å²) in [5.41, 5.74) is 2.40. The van der Waals surface area contributed by atoms with Gasteiger partial charge in [0.2, 0.25) is 0 Å². The summed E-state index contributed by atoms with van der Waals surface area (Å²) in [4.78, 5) is 11.8. The van der Waals surface area contributed by atoms with E-state index >= 15 is 0 Å². The molecule has 1 N–H and O–H groups in total. The van der Waals surface area contributed by atoms with E-state index in [1.807, 2.05) is 19.1 Å². The Hall–Kier alpha value is -2.28. The largest absolute Gasteiger partial charge is 0.497 e. The zero-order valence-corrected chi connectivity index (χ0v) is 25.4. The molecule has 0 aromatic heterocycles. The quantitative estimate of drug-likeness (QED) is 0.214. The van der Waals surface area contributed by atoms with E-state index in [0.717, 1.165) is 81.7 Å². The van der Waals surface area contributed by atoms with Crippen molar-refractivity contribution in [2.24, 2.45) is 5.92 Å². The molecular formula is C33H46ClNO5. The monoisotopic (exact) mass is 571 g/mol. The van der Waals surface area contributed by atoms with Gasteiger partial charge in [-0.1, -0.05) is 29.8 Å². The first-order chi connectivity index (χ1) is 19.2. The molecular weight excluding hydrogens is 526 g/mol. The highest BCUT2D eigenvalue weighted by atomic mass is 35.5. The van der Waals surface area contributed by atoms with Crippen molar-refractivity contribution < 1.29 is 23.7 Å². The van der Waals surface area contributed by atoms with Gasteiger partial charge in [-0.05, 0) is 114 Å². The summed E-state index contributed by atoms with van der Waals surface area (Å²) in [5.74, 6) is 1.92. The van der Waals surface area contributed by atoms with Crippen molar-refractivity contribution in [2.75, 3.05) is 26.9 Å². The second-order valence-electron chi connectivity index (χ2n) is 12.0.